The molecule has 4 aromatic rings. The second-order valence-electron chi connectivity index (χ2n) is 7.02. The van der Waals surface area contributed by atoms with Crippen molar-refractivity contribution in [3.05, 3.63) is 87.9 Å². The van der Waals surface area contributed by atoms with E-state index in [0.29, 0.717) is 13.0 Å². The van der Waals surface area contributed by atoms with E-state index in [1.54, 1.807) is 11.3 Å². The van der Waals surface area contributed by atoms with Gasteiger partial charge < -0.3 is 5.32 Å². The Bertz CT molecular complexity index is 1090. The number of carbonyl (C=O) groups is 1. The van der Waals surface area contributed by atoms with Crippen molar-refractivity contribution in [2.24, 2.45) is 0 Å². The van der Waals surface area contributed by atoms with Crippen LogP contribution in [0.2, 0.25) is 0 Å². The normalized spacial score (nSPS) is 12.2. The Labute approximate surface area is 168 Å². The van der Waals surface area contributed by atoms with Crippen LogP contribution < -0.4 is 5.32 Å². The van der Waals surface area contributed by atoms with Crippen molar-refractivity contribution in [1.29, 1.82) is 0 Å². The van der Waals surface area contributed by atoms with Crippen molar-refractivity contribution in [3.63, 3.8) is 0 Å². The molecule has 0 radical (unpaired) electrons. The van der Waals surface area contributed by atoms with Crippen LogP contribution in [0.5, 0.6) is 0 Å². The van der Waals surface area contributed by atoms with Crippen molar-refractivity contribution in [2.75, 3.05) is 6.54 Å². The van der Waals surface area contributed by atoms with E-state index in [9.17, 15) is 4.79 Å². The average Bonchev–Trinajstić information content (AvgIpc) is 3.32. The number of hydrogen-bond acceptors (Lipinski definition) is 3. The largest absolute Gasteiger partial charge is 0.353 e. The number of fused-ring (bicyclic) bond motifs is 1. The van der Waals surface area contributed by atoms with Gasteiger partial charge >= 0.3 is 0 Å². The van der Waals surface area contributed by atoms with Gasteiger partial charge in [0.2, 0.25) is 5.91 Å². The zero-order valence-electron chi connectivity index (χ0n) is 16.1. The molecule has 0 saturated carbocycles. The molecule has 28 heavy (non-hydrogen) atoms. The zero-order chi connectivity index (χ0) is 19.5. The summed E-state index contributed by atoms with van der Waals surface area (Å²) in [5, 5.41) is 12.1. The standard InChI is InChI=1S/C23H23N3OS/c1-16-13-17(2)26(25-16)21(22-11-6-12-28-22)15-24-23(27)14-19-9-5-8-18-7-3-4-10-20(18)19/h3-13,21H,14-15H2,1-2H3,(H,24,27). The molecular weight excluding hydrogens is 366 g/mol. The number of nitrogens with one attached hydrogen (secondary N) is 1. The summed E-state index contributed by atoms with van der Waals surface area (Å²) in [7, 11) is 0. The Balaban J connectivity index is 1.51. The summed E-state index contributed by atoms with van der Waals surface area (Å²) >= 11 is 1.69. The van der Waals surface area contributed by atoms with Crippen LogP contribution in [-0.2, 0) is 11.2 Å². The minimum atomic E-state index is 0.00478. The fourth-order valence-corrected chi connectivity index (χ4v) is 4.45. The molecule has 142 valence electrons. The fourth-order valence-electron chi connectivity index (χ4n) is 3.64. The molecule has 1 unspecified atom stereocenters. The van der Waals surface area contributed by atoms with Crippen molar-refractivity contribution in [1.82, 2.24) is 15.1 Å². The van der Waals surface area contributed by atoms with Crippen molar-refractivity contribution < 1.29 is 4.79 Å². The van der Waals surface area contributed by atoms with Crippen LogP contribution in [0.4, 0.5) is 0 Å². The van der Waals surface area contributed by atoms with E-state index < -0.39 is 0 Å². The average molecular weight is 390 g/mol. The maximum Gasteiger partial charge on any atom is 0.224 e. The summed E-state index contributed by atoms with van der Waals surface area (Å²) in [6, 6.07) is 20.5. The third-order valence-electron chi connectivity index (χ3n) is 4.93. The van der Waals surface area contributed by atoms with Gasteiger partial charge in [0.15, 0.2) is 0 Å². The summed E-state index contributed by atoms with van der Waals surface area (Å²) < 4.78 is 2.01. The Kier molecular flexibility index (Phi) is 5.26. The second-order valence-corrected chi connectivity index (χ2v) is 8.00. The minimum Gasteiger partial charge on any atom is -0.353 e. The number of nitrogens with zero attached hydrogens (tertiary/aromatic N) is 2. The number of aromatic nitrogens is 2. The Hall–Kier alpha value is -2.92. The van der Waals surface area contributed by atoms with Crippen LogP contribution in [0.25, 0.3) is 10.8 Å². The van der Waals surface area contributed by atoms with Gasteiger partial charge in [0.1, 0.15) is 6.04 Å². The third-order valence-corrected chi connectivity index (χ3v) is 5.91. The molecule has 4 rings (SSSR count). The molecule has 4 nitrogen and oxygen atoms in total. The van der Waals surface area contributed by atoms with Gasteiger partial charge in [-0.3, -0.25) is 9.48 Å². The van der Waals surface area contributed by atoms with Crippen molar-refractivity contribution >= 4 is 28.0 Å². The smallest absolute Gasteiger partial charge is 0.224 e. The number of thiophene rings is 1. The van der Waals surface area contributed by atoms with Crippen LogP contribution in [-0.4, -0.2) is 22.2 Å². The van der Waals surface area contributed by atoms with E-state index in [-0.39, 0.29) is 11.9 Å². The number of aryl methyl sites for hydroxylation is 2. The summed E-state index contributed by atoms with van der Waals surface area (Å²) in [6.07, 6.45) is 0.371. The van der Waals surface area contributed by atoms with Crippen molar-refractivity contribution in [2.45, 2.75) is 26.3 Å². The lowest BCUT2D eigenvalue weighted by molar-refractivity contribution is -0.120. The van der Waals surface area contributed by atoms with Gasteiger partial charge in [-0.15, -0.1) is 11.3 Å². The quantitative estimate of drug-likeness (QED) is 0.521. The maximum absolute atomic E-state index is 12.7. The molecule has 0 aliphatic heterocycles. The van der Waals surface area contributed by atoms with E-state index in [2.05, 4.69) is 53.1 Å². The second kappa shape index (κ2) is 7.98. The Morgan fingerprint density at radius 3 is 2.68 bits per heavy atom. The van der Waals surface area contributed by atoms with Gasteiger partial charge in [-0.25, -0.2) is 0 Å². The predicted molar refractivity (Wildman–Crippen MR) is 115 cm³/mol. The summed E-state index contributed by atoms with van der Waals surface area (Å²) in [4.78, 5) is 13.9. The van der Waals surface area contributed by atoms with E-state index in [4.69, 9.17) is 0 Å². The number of benzene rings is 2. The molecule has 1 N–H and O–H groups in total. The van der Waals surface area contributed by atoms with Gasteiger partial charge in [-0.2, -0.15) is 5.10 Å². The molecule has 0 spiro atoms. The zero-order valence-corrected chi connectivity index (χ0v) is 16.9. The highest BCUT2D eigenvalue weighted by molar-refractivity contribution is 7.10. The lowest BCUT2D eigenvalue weighted by atomic mass is 10.0. The SMILES string of the molecule is Cc1cc(C)n(C(CNC(=O)Cc2cccc3ccccc23)c2cccs2)n1. The highest BCUT2D eigenvalue weighted by Crippen LogP contribution is 2.24. The van der Waals surface area contributed by atoms with Gasteiger partial charge in [0.25, 0.3) is 0 Å². The van der Waals surface area contributed by atoms with Gasteiger partial charge in [0, 0.05) is 17.1 Å². The van der Waals surface area contributed by atoms with E-state index >= 15 is 0 Å². The number of amides is 1. The van der Waals surface area contributed by atoms with Crippen LogP contribution in [0.1, 0.15) is 27.9 Å². The van der Waals surface area contributed by atoms with Crippen LogP contribution in [0, 0.1) is 13.8 Å². The molecule has 1 atom stereocenters. The van der Waals surface area contributed by atoms with Gasteiger partial charge in [-0.1, -0.05) is 48.5 Å². The topological polar surface area (TPSA) is 46.9 Å². The number of hydrogen-bond donors (Lipinski definition) is 1. The third kappa shape index (κ3) is 3.85. The monoisotopic (exact) mass is 389 g/mol. The van der Waals surface area contributed by atoms with Gasteiger partial charge in [0.05, 0.1) is 12.1 Å². The van der Waals surface area contributed by atoms with Crippen LogP contribution >= 0.6 is 11.3 Å². The molecule has 0 aliphatic rings. The lowest BCUT2D eigenvalue weighted by Gasteiger charge is -2.19. The van der Waals surface area contributed by atoms with E-state index in [0.717, 1.165) is 27.7 Å². The van der Waals surface area contributed by atoms with Crippen LogP contribution in [0.15, 0.2) is 66.0 Å². The molecule has 2 heterocycles. The summed E-state index contributed by atoms with van der Waals surface area (Å²) in [5.74, 6) is 0.0273. The first-order valence-electron chi connectivity index (χ1n) is 9.41. The lowest BCUT2D eigenvalue weighted by Crippen LogP contribution is -2.32. The highest BCUT2D eigenvalue weighted by atomic mass is 32.1. The van der Waals surface area contributed by atoms with E-state index in [1.807, 2.05) is 41.9 Å². The molecule has 1 amide bonds. The Morgan fingerprint density at radius 1 is 1.11 bits per heavy atom. The fraction of sp³-hybridized carbons (Fsp3) is 0.217. The van der Waals surface area contributed by atoms with Gasteiger partial charge in [-0.05, 0) is 47.7 Å². The molecule has 2 aromatic heterocycles. The molecule has 0 bridgehead atoms. The molecule has 0 aliphatic carbocycles. The molecular formula is C23H23N3OS. The summed E-state index contributed by atoms with van der Waals surface area (Å²) in [5.41, 5.74) is 3.13. The summed E-state index contributed by atoms with van der Waals surface area (Å²) in [6.45, 7) is 4.57. The Morgan fingerprint density at radius 2 is 1.93 bits per heavy atom. The first kappa shape index (κ1) is 18.4. The maximum atomic E-state index is 12.7. The first-order valence-corrected chi connectivity index (χ1v) is 10.3. The first-order chi connectivity index (χ1) is 13.6. The van der Waals surface area contributed by atoms with Crippen molar-refractivity contribution in [3.8, 4) is 0 Å². The molecule has 2 aromatic carbocycles. The molecule has 0 fully saturated rings. The van der Waals surface area contributed by atoms with Crippen LogP contribution in [0.3, 0.4) is 0 Å². The number of rotatable bonds is 6. The number of carbonyl (C=O) groups excluding carboxylic acids is 1. The predicted octanol–water partition coefficient (Wildman–Crippen LogP) is 4.66. The molecule has 0 saturated heterocycles. The minimum absolute atomic E-state index is 0.00478. The molecule has 5 heteroatoms. The van der Waals surface area contributed by atoms with E-state index in [1.165, 1.54) is 4.88 Å². The highest BCUT2D eigenvalue weighted by Gasteiger charge is 2.19.